The number of nitrogens with zero attached hydrogens (tertiary/aromatic N) is 2. The van der Waals surface area contributed by atoms with Gasteiger partial charge < -0.3 is 15.0 Å². The first-order valence-corrected chi connectivity index (χ1v) is 12.9. The van der Waals surface area contributed by atoms with E-state index in [2.05, 4.69) is 34.5 Å². The Morgan fingerprint density at radius 2 is 1.58 bits per heavy atom. The van der Waals surface area contributed by atoms with Gasteiger partial charge in [0.25, 0.3) is 11.8 Å². The maximum absolute atomic E-state index is 13.3. The van der Waals surface area contributed by atoms with E-state index in [-0.39, 0.29) is 11.8 Å². The maximum Gasteiger partial charge on any atom is 0.265 e. The zero-order chi connectivity index (χ0) is 24.5. The fourth-order valence-electron chi connectivity index (χ4n) is 5.73. The minimum absolute atomic E-state index is 0.0260. The SMILES string of the molecule is O=C(Nc1cccc(C(=O)N2CCC(N3CCc4ccccc4C3)CC2)c1)C1Cc2ccccc2O1. The van der Waals surface area contributed by atoms with Gasteiger partial charge in [0.2, 0.25) is 0 Å². The molecule has 0 aromatic heterocycles. The molecular weight excluding hydrogens is 450 g/mol. The normalized spacial score (nSPS) is 19.8. The second-order valence-electron chi connectivity index (χ2n) is 10.0. The van der Waals surface area contributed by atoms with Crippen molar-refractivity contribution in [2.75, 3.05) is 25.0 Å². The Labute approximate surface area is 211 Å². The zero-order valence-electron chi connectivity index (χ0n) is 20.4. The Bertz CT molecular complexity index is 1260. The summed E-state index contributed by atoms with van der Waals surface area (Å²) < 4.78 is 5.80. The summed E-state index contributed by atoms with van der Waals surface area (Å²) in [5.41, 5.74) is 5.17. The molecule has 1 atom stereocenters. The number of ether oxygens (including phenoxy) is 1. The molecule has 0 spiro atoms. The fraction of sp³-hybridized carbons (Fsp3) is 0.333. The highest BCUT2D eigenvalue weighted by Crippen LogP contribution is 2.29. The predicted molar refractivity (Wildman–Crippen MR) is 139 cm³/mol. The molecule has 0 saturated carbocycles. The molecule has 6 heteroatoms. The second-order valence-corrected chi connectivity index (χ2v) is 10.0. The molecule has 6 rings (SSSR count). The van der Waals surface area contributed by atoms with Crippen molar-refractivity contribution < 1.29 is 14.3 Å². The Balaban J connectivity index is 1.04. The van der Waals surface area contributed by atoms with Crippen molar-refractivity contribution in [1.82, 2.24) is 9.80 Å². The van der Waals surface area contributed by atoms with Crippen molar-refractivity contribution in [3.63, 3.8) is 0 Å². The van der Waals surface area contributed by atoms with Crippen LogP contribution in [0.3, 0.4) is 0 Å². The summed E-state index contributed by atoms with van der Waals surface area (Å²) in [4.78, 5) is 30.6. The van der Waals surface area contributed by atoms with E-state index in [0.29, 0.717) is 23.7 Å². The molecular formula is C30H31N3O3. The summed E-state index contributed by atoms with van der Waals surface area (Å²) in [5, 5.41) is 2.93. The molecule has 2 amide bonds. The number of nitrogens with one attached hydrogen (secondary N) is 1. The number of fused-ring (bicyclic) bond motifs is 2. The molecule has 1 N–H and O–H groups in total. The third-order valence-corrected chi connectivity index (χ3v) is 7.74. The molecule has 3 aliphatic rings. The van der Waals surface area contributed by atoms with Gasteiger partial charge in [-0.3, -0.25) is 14.5 Å². The van der Waals surface area contributed by atoms with Gasteiger partial charge in [-0.15, -0.1) is 0 Å². The summed E-state index contributed by atoms with van der Waals surface area (Å²) in [6.07, 6.45) is 3.08. The van der Waals surface area contributed by atoms with Crippen LogP contribution in [0.25, 0.3) is 0 Å². The highest BCUT2D eigenvalue weighted by molar-refractivity contribution is 5.98. The number of carbonyl (C=O) groups excluding carboxylic acids is 2. The molecule has 3 aromatic carbocycles. The van der Waals surface area contributed by atoms with Gasteiger partial charge in [-0.05, 0) is 60.2 Å². The molecule has 0 aliphatic carbocycles. The molecule has 3 heterocycles. The van der Waals surface area contributed by atoms with E-state index in [9.17, 15) is 9.59 Å². The maximum atomic E-state index is 13.3. The van der Waals surface area contributed by atoms with Crippen LogP contribution >= 0.6 is 0 Å². The minimum Gasteiger partial charge on any atom is -0.480 e. The average molecular weight is 482 g/mol. The molecule has 1 unspecified atom stereocenters. The summed E-state index contributed by atoms with van der Waals surface area (Å²) in [6.45, 7) is 3.61. The number of rotatable bonds is 4. The van der Waals surface area contributed by atoms with Gasteiger partial charge in [0, 0.05) is 49.9 Å². The van der Waals surface area contributed by atoms with Gasteiger partial charge in [-0.2, -0.15) is 0 Å². The zero-order valence-corrected chi connectivity index (χ0v) is 20.4. The lowest BCUT2D eigenvalue weighted by atomic mass is 9.95. The second kappa shape index (κ2) is 9.78. The molecule has 0 radical (unpaired) electrons. The molecule has 0 bridgehead atoms. The smallest absolute Gasteiger partial charge is 0.265 e. The Morgan fingerprint density at radius 3 is 2.39 bits per heavy atom. The molecule has 1 fully saturated rings. The molecule has 3 aromatic rings. The van der Waals surface area contributed by atoms with Crippen molar-refractivity contribution in [2.24, 2.45) is 0 Å². The van der Waals surface area contributed by atoms with Crippen LogP contribution in [-0.4, -0.2) is 53.4 Å². The lowest BCUT2D eigenvalue weighted by Crippen LogP contribution is -2.48. The van der Waals surface area contributed by atoms with E-state index >= 15 is 0 Å². The van der Waals surface area contributed by atoms with E-state index in [1.54, 1.807) is 6.07 Å². The van der Waals surface area contributed by atoms with Gasteiger partial charge in [0.15, 0.2) is 6.10 Å². The highest BCUT2D eigenvalue weighted by Gasteiger charge is 2.31. The number of piperidine rings is 1. The van der Waals surface area contributed by atoms with E-state index < -0.39 is 6.10 Å². The molecule has 6 nitrogen and oxygen atoms in total. The summed E-state index contributed by atoms with van der Waals surface area (Å²) in [6, 6.07) is 24.2. The van der Waals surface area contributed by atoms with Gasteiger partial charge >= 0.3 is 0 Å². The Morgan fingerprint density at radius 1 is 0.833 bits per heavy atom. The quantitative estimate of drug-likeness (QED) is 0.604. The van der Waals surface area contributed by atoms with Crippen LogP contribution in [0.5, 0.6) is 5.75 Å². The van der Waals surface area contributed by atoms with Crippen LogP contribution < -0.4 is 10.1 Å². The van der Waals surface area contributed by atoms with Crippen molar-refractivity contribution in [1.29, 1.82) is 0 Å². The lowest BCUT2D eigenvalue weighted by molar-refractivity contribution is -0.122. The molecule has 184 valence electrons. The Hall–Kier alpha value is -3.64. The third kappa shape index (κ3) is 4.61. The van der Waals surface area contributed by atoms with E-state index in [1.165, 1.54) is 11.1 Å². The third-order valence-electron chi connectivity index (χ3n) is 7.74. The van der Waals surface area contributed by atoms with Crippen LogP contribution in [-0.2, 0) is 24.2 Å². The first-order chi connectivity index (χ1) is 17.6. The monoisotopic (exact) mass is 481 g/mol. The van der Waals surface area contributed by atoms with Gasteiger partial charge in [0.1, 0.15) is 5.75 Å². The molecule has 1 saturated heterocycles. The van der Waals surface area contributed by atoms with E-state index in [4.69, 9.17) is 4.74 Å². The van der Waals surface area contributed by atoms with E-state index in [0.717, 1.165) is 56.8 Å². The molecule has 3 aliphatic heterocycles. The number of hydrogen-bond acceptors (Lipinski definition) is 4. The topological polar surface area (TPSA) is 61.9 Å². The van der Waals surface area contributed by atoms with Crippen LogP contribution in [0, 0.1) is 0 Å². The molecule has 36 heavy (non-hydrogen) atoms. The average Bonchev–Trinajstić information content (AvgIpc) is 3.37. The van der Waals surface area contributed by atoms with Crippen molar-refractivity contribution in [3.8, 4) is 5.75 Å². The minimum atomic E-state index is -0.553. The first kappa shape index (κ1) is 22.8. The lowest BCUT2D eigenvalue weighted by Gasteiger charge is -2.40. The Kier molecular flexibility index (Phi) is 6.20. The number of benzene rings is 3. The van der Waals surface area contributed by atoms with Gasteiger partial charge in [0.05, 0.1) is 0 Å². The first-order valence-electron chi connectivity index (χ1n) is 12.9. The van der Waals surface area contributed by atoms with Crippen LogP contribution in [0.1, 0.15) is 39.9 Å². The predicted octanol–water partition coefficient (Wildman–Crippen LogP) is 4.29. The number of carbonyl (C=O) groups is 2. The highest BCUT2D eigenvalue weighted by atomic mass is 16.5. The van der Waals surface area contributed by atoms with Gasteiger partial charge in [-0.1, -0.05) is 48.5 Å². The number of hydrogen-bond donors (Lipinski definition) is 1. The van der Waals surface area contributed by atoms with Crippen molar-refractivity contribution in [2.45, 2.75) is 44.4 Å². The largest absolute Gasteiger partial charge is 0.480 e. The summed E-state index contributed by atoms with van der Waals surface area (Å²) in [5.74, 6) is 0.594. The van der Waals surface area contributed by atoms with Crippen molar-refractivity contribution in [3.05, 3.63) is 95.1 Å². The number of anilines is 1. The number of para-hydroxylation sites is 1. The van der Waals surface area contributed by atoms with Crippen molar-refractivity contribution >= 4 is 17.5 Å². The number of amides is 2. The standard InChI is InChI=1S/C30H31N3O3/c34-29(28-19-22-7-3-4-11-27(22)36-28)31-25-10-5-9-23(18-25)30(35)32-16-13-26(14-17-32)33-15-12-21-6-1-2-8-24(21)20-33/h1-11,18,26,28H,12-17,19-20H2,(H,31,34). The summed E-state index contributed by atoms with van der Waals surface area (Å²) in [7, 11) is 0. The van der Waals surface area contributed by atoms with Crippen LogP contribution in [0.4, 0.5) is 5.69 Å². The van der Waals surface area contributed by atoms with E-state index in [1.807, 2.05) is 47.4 Å². The van der Waals surface area contributed by atoms with Crippen LogP contribution in [0.2, 0.25) is 0 Å². The van der Waals surface area contributed by atoms with Gasteiger partial charge in [-0.25, -0.2) is 0 Å². The summed E-state index contributed by atoms with van der Waals surface area (Å²) >= 11 is 0. The van der Waals surface area contributed by atoms with Crippen LogP contribution in [0.15, 0.2) is 72.8 Å². The number of likely N-dealkylation sites (tertiary alicyclic amines) is 1. The fourth-order valence-corrected chi connectivity index (χ4v) is 5.73.